The number of rotatable bonds is 4. The van der Waals surface area contributed by atoms with E-state index >= 15 is 0 Å². The molecule has 0 unspecified atom stereocenters. The van der Waals surface area contributed by atoms with E-state index in [1.807, 2.05) is 6.92 Å². The van der Waals surface area contributed by atoms with E-state index in [1.54, 1.807) is 12.1 Å². The molecule has 25 heavy (non-hydrogen) atoms. The van der Waals surface area contributed by atoms with Crippen LogP contribution >= 0.6 is 34.8 Å². The van der Waals surface area contributed by atoms with E-state index in [9.17, 15) is 17.6 Å². The summed E-state index contributed by atoms with van der Waals surface area (Å²) in [6.45, 7) is 1.84. The molecule has 2 rings (SSSR count). The second-order valence-corrected chi connectivity index (χ2v) is 9.66. The molecule has 0 saturated heterocycles. The highest BCUT2D eigenvalue weighted by Crippen LogP contribution is 2.36. The molecule has 0 aromatic heterocycles. The summed E-state index contributed by atoms with van der Waals surface area (Å²) in [5, 5.41) is 0.372. The predicted octanol–water partition coefficient (Wildman–Crippen LogP) is 4.03. The molecule has 0 spiro atoms. The van der Waals surface area contributed by atoms with Crippen molar-refractivity contribution in [3.63, 3.8) is 0 Å². The molecule has 0 aliphatic carbocycles. The number of sulfone groups is 1. The SMILES string of the molecule is Cc1ccc(C(=O)N[C@@H](C(Cl)(Cl)Cl)S(=O)(=O)c2ccc(F)cc2)cc1. The Labute approximate surface area is 159 Å². The summed E-state index contributed by atoms with van der Waals surface area (Å²) < 4.78 is 36.1. The summed E-state index contributed by atoms with van der Waals surface area (Å²) in [6, 6.07) is 10.4. The predicted molar refractivity (Wildman–Crippen MR) is 96.3 cm³/mol. The number of amides is 1. The third-order valence-electron chi connectivity index (χ3n) is 3.33. The molecular formula is C16H13Cl3FNO3S. The number of carbonyl (C=O) groups excluding carboxylic acids is 1. The Morgan fingerprint density at radius 3 is 2.04 bits per heavy atom. The van der Waals surface area contributed by atoms with E-state index in [0.717, 1.165) is 29.8 Å². The van der Waals surface area contributed by atoms with Gasteiger partial charge < -0.3 is 5.32 Å². The summed E-state index contributed by atoms with van der Waals surface area (Å²) in [5.74, 6) is -1.34. The summed E-state index contributed by atoms with van der Waals surface area (Å²) in [5.41, 5.74) is 1.13. The maximum atomic E-state index is 13.0. The van der Waals surface area contributed by atoms with Crippen molar-refractivity contribution in [1.82, 2.24) is 5.32 Å². The second-order valence-electron chi connectivity index (χ2n) is 5.26. The maximum absolute atomic E-state index is 13.0. The van der Waals surface area contributed by atoms with E-state index < -0.39 is 30.7 Å². The fourth-order valence-corrected chi connectivity index (χ4v) is 4.62. The first-order chi connectivity index (χ1) is 11.5. The summed E-state index contributed by atoms with van der Waals surface area (Å²) >= 11 is 17.4. The van der Waals surface area contributed by atoms with Gasteiger partial charge in [-0.3, -0.25) is 4.79 Å². The lowest BCUT2D eigenvalue weighted by Gasteiger charge is -2.25. The molecule has 0 aliphatic heterocycles. The monoisotopic (exact) mass is 423 g/mol. The first-order valence-electron chi connectivity index (χ1n) is 6.95. The standard InChI is InChI=1S/C16H13Cl3FNO3S/c1-10-2-4-11(5-3-10)14(22)21-15(16(17,18)19)25(23,24)13-8-6-12(20)7-9-13/h2-9,15H,1H3,(H,21,22)/t15-/m1/s1. The zero-order valence-corrected chi connectivity index (χ0v) is 15.9. The number of hydrogen-bond acceptors (Lipinski definition) is 3. The zero-order chi connectivity index (χ0) is 18.8. The maximum Gasteiger partial charge on any atom is 0.252 e. The average Bonchev–Trinajstić information content (AvgIpc) is 2.52. The molecule has 134 valence electrons. The van der Waals surface area contributed by atoms with Crippen molar-refractivity contribution in [3.8, 4) is 0 Å². The molecule has 0 radical (unpaired) electrons. The smallest absolute Gasteiger partial charge is 0.252 e. The molecule has 9 heteroatoms. The van der Waals surface area contributed by atoms with Gasteiger partial charge in [-0.2, -0.15) is 0 Å². The van der Waals surface area contributed by atoms with E-state index in [-0.39, 0.29) is 10.5 Å². The van der Waals surface area contributed by atoms with Crippen LogP contribution in [0.3, 0.4) is 0 Å². The molecule has 0 aliphatic rings. The fourth-order valence-electron chi connectivity index (χ4n) is 2.00. The van der Waals surface area contributed by atoms with Gasteiger partial charge in [0.2, 0.25) is 13.6 Å². The second kappa shape index (κ2) is 7.50. The molecule has 0 bridgehead atoms. The first-order valence-corrected chi connectivity index (χ1v) is 9.63. The summed E-state index contributed by atoms with van der Waals surface area (Å²) in [4.78, 5) is 12.1. The minimum absolute atomic E-state index is 0.208. The van der Waals surface area contributed by atoms with E-state index in [2.05, 4.69) is 5.32 Å². The molecule has 2 aromatic carbocycles. The van der Waals surface area contributed by atoms with Gasteiger partial charge in [0.1, 0.15) is 5.82 Å². The van der Waals surface area contributed by atoms with E-state index in [4.69, 9.17) is 34.8 Å². The van der Waals surface area contributed by atoms with Gasteiger partial charge in [0.15, 0.2) is 5.37 Å². The lowest BCUT2D eigenvalue weighted by Crippen LogP contribution is -2.49. The lowest BCUT2D eigenvalue weighted by atomic mass is 10.1. The molecule has 4 nitrogen and oxygen atoms in total. The van der Waals surface area contributed by atoms with Crippen LogP contribution in [0.5, 0.6) is 0 Å². The molecule has 0 fully saturated rings. The molecule has 2 aromatic rings. The number of halogens is 4. The number of aryl methyl sites for hydroxylation is 1. The summed E-state index contributed by atoms with van der Waals surface area (Å²) in [7, 11) is -4.28. The Morgan fingerprint density at radius 2 is 1.56 bits per heavy atom. The van der Waals surface area contributed by atoms with Gasteiger partial charge >= 0.3 is 0 Å². The number of carbonyl (C=O) groups is 1. The van der Waals surface area contributed by atoms with Crippen molar-refractivity contribution >= 4 is 50.5 Å². The zero-order valence-electron chi connectivity index (χ0n) is 12.8. The third kappa shape index (κ3) is 4.85. The van der Waals surface area contributed by atoms with Crippen molar-refractivity contribution in [2.24, 2.45) is 0 Å². The van der Waals surface area contributed by atoms with Crippen LogP contribution in [-0.2, 0) is 9.84 Å². The van der Waals surface area contributed by atoms with Crippen molar-refractivity contribution in [2.45, 2.75) is 21.0 Å². The Kier molecular flexibility index (Phi) is 5.99. The van der Waals surface area contributed by atoms with Crippen LogP contribution in [0.1, 0.15) is 15.9 Å². The number of nitrogens with one attached hydrogen (secondary N) is 1. The van der Waals surface area contributed by atoms with E-state index in [1.165, 1.54) is 12.1 Å². The molecule has 1 N–H and O–H groups in total. The van der Waals surface area contributed by atoms with Gasteiger partial charge in [0.25, 0.3) is 5.91 Å². The molecule has 1 atom stereocenters. The first kappa shape index (κ1) is 20.0. The van der Waals surface area contributed by atoms with Crippen LogP contribution in [0.4, 0.5) is 4.39 Å². The Hall–Kier alpha value is -1.34. The van der Waals surface area contributed by atoms with Crippen LogP contribution in [0.25, 0.3) is 0 Å². The third-order valence-corrected chi connectivity index (χ3v) is 6.39. The van der Waals surface area contributed by atoms with Crippen molar-refractivity contribution in [1.29, 1.82) is 0 Å². The van der Waals surface area contributed by atoms with Crippen LogP contribution in [0.2, 0.25) is 0 Å². The molecule has 0 saturated carbocycles. The van der Waals surface area contributed by atoms with Gasteiger partial charge in [-0.25, -0.2) is 12.8 Å². The van der Waals surface area contributed by atoms with Crippen molar-refractivity contribution in [2.75, 3.05) is 0 Å². The molecular weight excluding hydrogens is 412 g/mol. The topological polar surface area (TPSA) is 63.2 Å². The van der Waals surface area contributed by atoms with Gasteiger partial charge in [-0.05, 0) is 43.3 Å². The largest absolute Gasteiger partial charge is 0.332 e. The van der Waals surface area contributed by atoms with Crippen molar-refractivity contribution < 1.29 is 17.6 Å². The number of hydrogen-bond donors (Lipinski definition) is 1. The number of alkyl halides is 3. The highest BCUT2D eigenvalue weighted by atomic mass is 35.6. The summed E-state index contributed by atoms with van der Waals surface area (Å²) in [6.07, 6.45) is 0. The van der Waals surface area contributed by atoms with E-state index in [0.29, 0.717) is 0 Å². The fraction of sp³-hybridized carbons (Fsp3) is 0.188. The van der Waals surface area contributed by atoms with Crippen LogP contribution in [0.15, 0.2) is 53.4 Å². The highest BCUT2D eigenvalue weighted by molar-refractivity contribution is 7.92. The van der Waals surface area contributed by atoms with Crippen LogP contribution in [-0.4, -0.2) is 23.5 Å². The Balaban J connectivity index is 2.38. The van der Waals surface area contributed by atoms with Crippen molar-refractivity contribution in [3.05, 3.63) is 65.5 Å². The quantitative estimate of drug-likeness (QED) is 0.595. The van der Waals surface area contributed by atoms with Crippen LogP contribution in [0, 0.1) is 12.7 Å². The minimum atomic E-state index is -4.28. The lowest BCUT2D eigenvalue weighted by molar-refractivity contribution is 0.0948. The van der Waals surface area contributed by atoms with Gasteiger partial charge in [-0.1, -0.05) is 52.5 Å². The van der Waals surface area contributed by atoms with Gasteiger partial charge in [-0.15, -0.1) is 0 Å². The average molecular weight is 425 g/mol. The Morgan fingerprint density at radius 1 is 1.04 bits per heavy atom. The Bertz CT molecular complexity index is 863. The van der Waals surface area contributed by atoms with Crippen LogP contribution < -0.4 is 5.32 Å². The molecule has 0 heterocycles. The highest BCUT2D eigenvalue weighted by Gasteiger charge is 2.44. The molecule has 1 amide bonds. The minimum Gasteiger partial charge on any atom is -0.332 e. The number of benzene rings is 2. The normalized spacial score (nSPS) is 13.3. The van der Waals surface area contributed by atoms with Gasteiger partial charge in [0.05, 0.1) is 4.90 Å². The van der Waals surface area contributed by atoms with Gasteiger partial charge in [0, 0.05) is 5.56 Å².